The second kappa shape index (κ2) is 7.31. The predicted octanol–water partition coefficient (Wildman–Crippen LogP) is 3.18. The van der Waals surface area contributed by atoms with Gasteiger partial charge in [0.05, 0.1) is 0 Å². The zero-order valence-electron chi connectivity index (χ0n) is 12.0. The lowest BCUT2D eigenvalue weighted by atomic mass is 10.2. The highest BCUT2D eigenvalue weighted by molar-refractivity contribution is 5.81. The van der Waals surface area contributed by atoms with E-state index in [1.807, 2.05) is 6.92 Å². The first-order chi connectivity index (χ1) is 9.36. The highest BCUT2D eigenvalue weighted by Crippen LogP contribution is 2.20. The van der Waals surface area contributed by atoms with Gasteiger partial charge >= 0.3 is 0 Å². The maximum absolute atomic E-state index is 5.44. The first-order valence-electron chi connectivity index (χ1n) is 7.22. The zero-order valence-corrected chi connectivity index (χ0v) is 12.0. The van der Waals surface area contributed by atoms with Crippen molar-refractivity contribution in [3.8, 4) is 0 Å². The summed E-state index contributed by atoms with van der Waals surface area (Å²) < 4.78 is 7.85. The van der Waals surface area contributed by atoms with Gasteiger partial charge in [-0.15, -0.1) is 0 Å². The number of hydrogen-bond donors (Lipinski definition) is 1. The van der Waals surface area contributed by atoms with Crippen molar-refractivity contribution in [2.45, 2.75) is 33.4 Å². The summed E-state index contributed by atoms with van der Waals surface area (Å²) in [6.07, 6.45) is 1.06. The Morgan fingerprint density at radius 1 is 1.21 bits per heavy atom. The second-order valence-electron chi connectivity index (χ2n) is 4.68. The number of para-hydroxylation sites is 1. The van der Waals surface area contributed by atoms with E-state index < -0.39 is 0 Å². The summed E-state index contributed by atoms with van der Waals surface area (Å²) in [5.74, 6) is 0. The zero-order chi connectivity index (χ0) is 13.5. The van der Waals surface area contributed by atoms with Gasteiger partial charge in [0.25, 0.3) is 0 Å². The van der Waals surface area contributed by atoms with Crippen LogP contribution in [0.5, 0.6) is 0 Å². The molecule has 0 radical (unpaired) electrons. The Balaban J connectivity index is 2.16. The molecule has 3 nitrogen and oxygen atoms in total. The summed E-state index contributed by atoms with van der Waals surface area (Å²) in [6, 6.07) is 10.9. The average molecular weight is 260 g/mol. The van der Waals surface area contributed by atoms with Gasteiger partial charge in [-0.1, -0.05) is 25.1 Å². The number of nitrogens with one attached hydrogen (secondary N) is 1. The Morgan fingerprint density at radius 2 is 2.05 bits per heavy atom. The highest BCUT2D eigenvalue weighted by Gasteiger charge is 2.07. The van der Waals surface area contributed by atoms with E-state index in [9.17, 15) is 0 Å². The molecule has 0 aliphatic carbocycles. The van der Waals surface area contributed by atoms with Crippen molar-refractivity contribution in [1.29, 1.82) is 0 Å². The minimum absolute atomic E-state index is 0.802. The molecule has 0 spiro atoms. The molecule has 1 aromatic heterocycles. The third-order valence-corrected chi connectivity index (χ3v) is 3.33. The monoisotopic (exact) mass is 260 g/mol. The number of aromatic nitrogens is 1. The Bertz CT molecular complexity index is 504. The van der Waals surface area contributed by atoms with Gasteiger partial charge < -0.3 is 14.6 Å². The summed E-state index contributed by atoms with van der Waals surface area (Å²) in [4.78, 5) is 0. The molecular weight excluding hydrogens is 236 g/mol. The van der Waals surface area contributed by atoms with Crippen molar-refractivity contribution in [2.75, 3.05) is 19.8 Å². The lowest BCUT2D eigenvalue weighted by Gasteiger charge is -2.11. The Labute approximate surface area is 115 Å². The lowest BCUT2D eigenvalue weighted by molar-refractivity contribution is 0.141. The van der Waals surface area contributed by atoms with Crippen LogP contribution in [0.3, 0.4) is 0 Å². The van der Waals surface area contributed by atoms with Gasteiger partial charge in [-0.05, 0) is 37.4 Å². The molecule has 0 saturated carbocycles. The number of aryl methyl sites for hydroxylation is 1. The van der Waals surface area contributed by atoms with Crippen LogP contribution >= 0.6 is 0 Å². The average Bonchev–Trinajstić information content (AvgIpc) is 2.79. The quantitative estimate of drug-likeness (QED) is 0.738. The maximum atomic E-state index is 5.44. The van der Waals surface area contributed by atoms with Crippen LogP contribution in [0.15, 0.2) is 30.3 Å². The molecule has 0 amide bonds. The largest absolute Gasteiger partial charge is 0.382 e. The summed E-state index contributed by atoms with van der Waals surface area (Å²) in [5, 5.41) is 4.74. The number of rotatable bonds is 8. The summed E-state index contributed by atoms with van der Waals surface area (Å²) in [5.41, 5.74) is 2.69. The first kappa shape index (κ1) is 14.1. The topological polar surface area (TPSA) is 26.2 Å². The van der Waals surface area contributed by atoms with Crippen LogP contribution in [0.2, 0.25) is 0 Å². The number of hydrogen-bond acceptors (Lipinski definition) is 2. The molecule has 0 atom stereocenters. The van der Waals surface area contributed by atoms with Crippen LogP contribution in [-0.2, 0) is 17.8 Å². The van der Waals surface area contributed by atoms with Crippen molar-refractivity contribution in [2.24, 2.45) is 0 Å². The SMILES string of the molecule is CCNCc1cc2ccccc2n1CCCOCC. The van der Waals surface area contributed by atoms with E-state index in [1.54, 1.807) is 0 Å². The van der Waals surface area contributed by atoms with E-state index in [-0.39, 0.29) is 0 Å². The van der Waals surface area contributed by atoms with E-state index >= 15 is 0 Å². The molecule has 0 unspecified atom stereocenters. The third kappa shape index (κ3) is 3.58. The highest BCUT2D eigenvalue weighted by atomic mass is 16.5. The first-order valence-corrected chi connectivity index (χ1v) is 7.22. The Kier molecular flexibility index (Phi) is 5.43. The van der Waals surface area contributed by atoms with E-state index in [0.717, 1.165) is 39.3 Å². The van der Waals surface area contributed by atoms with Gasteiger partial charge in [0.1, 0.15) is 0 Å². The maximum Gasteiger partial charge on any atom is 0.0482 e. The van der Waals surface area contributed by atoms with Crippen LogP contribution < -0.4 is 5.32 Å². The second-order valence-corrected chi connectivity index (χ2v) is 4.68. The van der Waals surface area contributed by atoms with Gasteiger partial charge in [0.2, 0.25) is 0 Å². The third-order valence-electron chi connectivity index (χ3n) is 3.33. The van der Waals surface area contributed by atoms with Gasteiger partial charge in [-0.25, -0.2) is 0 Å². The fourth-order valence-electron chi connectivity index (χ4n) is 2.40. The van der Waals surface area contributed by atoms with Crippen molar-refractivity contribution >= 4 is 10.9 Å². The molecule has 19 heavy (non-hydrogen) atoms. The molecule has 1 N–H and O–H groups in total. The molecule has 1 heterocycles. The molecule has 0 saturated heterocycles. The smallest absolute Gasteiger partial charge is 0.0482 e. The number of nitrogens with zero attached hydrogens (tertiary/aromatic N) is 1. The summed E-state index contributed by atoms with van der Waals surface area (Å²) in [6.45, 7) is 8.78. The van der Waals surface area contributed by atoms with Crippen LogP contribution in [0.1, 0.15) is 26.0 Å². The number of benzene rings is 1. The number of fused-ring (bicyclic) bond motifs is 1. The van der Waals surface area contributed by atoms with Crippen LogP contribution in [0.25, 0.3) is 10.9 Å². The molecule has 104 valence electrons. The van der Waals surface area contributed by atoms with Gasteiger partial charge in [0, 0.05) is 37.5 Å². The molecule has 2 rings (SSSR count). The number of ether oxygens (including phenoxy) is 1. The van der Waals surface area contributed by atoms with E-state index in [0.29, 0.717) is 0 Å². The van der Waals surface area contributed by atoms with Crippen LogP contribution in [-0.4, -0.2) is 24.3 Å². The molecule has 0 aliphatic rings. The molecular formula is C16H24N2O. The van der Waals surface area contributed by atoms with Gasteiger partial charge in [-0.2, -0.15) is 0 Å². The van der Waals surface area contributed by atoms with Crippen LogP contribution in [0.4, 0.5) is 0 Å². The fourth-order valence-corrected chi connectivity index (χ4v) is 2.40. The van der Waals surface area contributed by atoms with Crippen molar-refractivity contribution < 1.29 is 4.74 Å². The Hall–Kier alpha value is -1.32. The normalized spacial score (nSPS) is 11.3. The van der Waals surface area contributed by atoms with E-state index in [4.69, 9.17) is 4.74 Å². The molecule has 0 fully saturated rings. The fraction of sp³-hybridized carbons (Fsp3) is 0.500. The standard InChI is InChI=1S/C16H24N2O/c1-3-17-13-15-12-14-8-5-6-9-16(14)18(15)10-7-11-19-4-2/h5-6,8-9,12,17H,3-4,7,10-11,13H2,1-2H3. The lowest BCUT2D eigenvalue weighted by Crippen LogP contribution is -2.16. The molecule has 3 heteroatoms. The molecule has 1 aromatic carbocycles. The molecule has 2 aromatic rings. The van der Waals surface area contributed by atoms with Crippen molar-refractivity contribution in [1.82, 2.24) is 9.88 Å². The van der Waals surface area contributed by atoms with E-state index in [2.05, 4.69) is 47.1 Å². The molecule has 0 aliphatic heterocycles. The van der Waals surface area contributed by atoms with Gasteiger partial charge in [-0.3, -0.25) is 0 Å². The van der Waals surface area contributed by atoms with E-state index in [1.165, 1.54) is 16.6 Å². The summed E-state index contributed by atoms with van der Waals surface area (Å²) >= 11 is 0. The minimum Gasteiger partial charge on any atom is -0.382 e. The minimum atomic E-state index is 0.802. The van der Waals surface area contributed by atoms with Crippen LogP contribution in [0, 0.1) is 0 Å². The van der Waals surface area contributed by atoms with Crippen molar-refractivity contribution in [3.05, 3.63) is 36.0 Å². The predicted molar refractivity (Wildman–Crippen MR) is 80.4 cm³/mol. The summed E-state index contributed by atoms with van der Waals surface area (Å²) in [7, 11) is 0. The Morgan fingerprint density at radius 3 is 2.84 bits per heavy atom. The van der Waals surface area contributed by atoms with Gasteiger partial charge in [0.15, 0.2) is 0 Å². The molecule has 0 bridgehead atoms. The van der Waals surface area contributed by atoms with Crippen molar-refractivity contribution in [3.63, 3.8) is 0 Å².